The molecule has 3 nitrogen and oxygen atoms in total. The number of H-pyrrole nitrogens is 1. The molecule has 4 rings (SSSR count). The molecule has 0 spiro atoms. The Balaban J connectivity index is 1.88. The van der Waals surface area contributed by atoms with Gasteiger partial charge in [-0.05, 0) is 25.1 Å². The van der Waals surface area contributed by atoms with E-state index in [1.54, 1.807) is 0 Å². The van der Waals surface area contributed by atoms with Gasteiger partial charge in [0.15, 0.2) is 0 Å². The van der Waals surface area contributed by atoms with Crippen molar-refractivity contribution in [2.24, 2.45) is 4.99 Å². The van der Waals surface area contributed by atoms with Crippen LogP contribution >= 0.6 is 0 Å². The van der Waals surface area contributed by atoms with Crippen LogP contribution in [-0.4, -0.2) is 16.5 Å². The predicted molar refractivity (Wildman–Crippen MR) is 106 cm³/mol. The van der Waals surface area contributed by atoms with Crippen molar-refractivity contribution in [2.75, 3.05) is 0 Å². The van der Waals surface area contributed by atoms with Crippen molar-refractivity contribution in [1.82, 2.24) is 4.98 Å². The zero-order valence-electron chi connectivity index (χ0n) is 14.4. The highest BCUT2D eigenvalue weighted by molar-refractivity contribution is 6.53. The van der Waals surface area contributed by atoms with E-state index in [1.165, 1.54) is 0 Å². The van der Waals surface area contributed by atoms with Gasteiger partial charge in [0.05, 0.1) is 5.69 Å². The van der Waals surface area contributed by atoms with Crippen molar-refractivity contribution in [3.8, 4) is 0 Å². The van der Waals surface area contributed by atoms with E-state index in [2.05, 4.69) is 4.98 Å². The molecule has 3 aromatic carbocycles. The number of fused-ring (bicyclic) bond motifs is 1. The van der Waals surface area contributed by atoms with Crippen molar-refractivity contribution in [2.45, 2.75) is 6.92 Å². The normalized spacial score (nSPS) is 11.7. The second kappa shape index (κ2) is 6.81. The Morgan fingerprint density at radius 3 is 2.31 bits per heavy atom. The van der Waals surface area contributed by atoms with Crippen LogP contribution in [0.15, 0.2) is 90.1 Å². The number of hydrogen-bond donors (Lipinski definition) is 1. The number of aromatic amines is 1. The van der Waals surface area contributed by atoms with E-state index in [0.717, 1.165) is 27.7 Å². The van der Waals surface area contributed by atoms with Gasteiger partial charge in [0.1, 0.15) is 5.71 Å². The Morgan fingerprint density at radius 1 is 0.846 bits per heavy atom. The van der Waals surface area contributed by atoms with Gasteiger partial charge in [0.25, 0.3) is 0 Å². The monoisotopic (exact) mass is 338 g/mol. The fourth-order valence-electron chi connectivity index (χ4n) is 2.97. The molecule has 0 saturated carbocycles. The van der Waals surface area contributed by atoms with E-state index in [-0.39, 0.29) is 5.78 Å². The minimum atomic E-state index is -0.0846. The van der Waals surface area contributed by atoms with Crippen LogP contribution in [0.5, 0.6) is 0 Å². The molecule has 0 aliphatic carbocycles. The summed E-state index contributed by atoms with van der Waals surface area (Å²) in [6, 6.07) is 25.1. The van der Waals surface area contributed by atoms with E-state index in [0.29, 0.717) is 11.3 Å². The first-order chi connectivity index (χ1) is 12.7. The van der Waals surface area contributed by atoms with Gasteiger partial charge < -0.3 is 4.98 Å². The molecular weight excluding hydrogens is 320 g/mol. The maximum atomic E-state index is 13.3. The van der Waals surface area contributed by atoms with Crippen molar-refractivity contribution >= 4 is 28.1 Å². The summed E-state index contributed by atoms with van der Waals surface area (Å²) >= 11 is 0. The number of hydrogen-bond acceptors (Lipinski definition) is 2. The fraction of sp³-hybridized carbons (Fsp3) is 0.0435. The van der Waals surface area contributed by atoms with Crippen LogP contribution in [-0.2, 0) is 0 Å². The Morgan fingerprint density at radius 2 is 1.54 bits per heavy atom. The van der Waals surface area contributed by atoms with E-state index >= 15 is 0 Å². The SMILES string of the molecule is Cc1ccc(C(=O)C(=Nc2ccccc2)c2c[nH]c3ccccc23)cc1. The average molecular weight is 338 g/mol. The fourth-order valence-corrected chi connectivity index (χ4v) is 2.97. The number of aromatic nitrogens is 1. The van der Waals surface area contributed by atoms with E-state index in [4.69, 9.17) is 4.99 Å². The Hall–Kier alpha value is -3.46. The number of Topliss-reactive ketones (excluding diaryl/α,β-unsaturated/α-hetero) is 1. The van der Waals surface area contributed by atoms with E-state index in [1.807, 2.05) is 92.0 Å². The summed E-state index contributed by atoms with van der Waals surface area (Å²) in [5.74, 6) is -0.0846. The molecule has 0 atom stereocenters. The second-order valence-corrected chi connectivity index (χ2v) is 6.24. The summed E-state index contributed by atoms with van der Waals surface area (Å²) in [7, 11) is 0. The highest BCUT2D eigenvalue weighted by atomic mass is 16.1. The van der Waals surface area contributed by atoms with Crippen molar-refractivity contribution < 1.29 is 4.79 Å². The molecule has 0 bridgehead atoms. The topological polar surface area (TPSA) is 45.2 Å². The molecule has 1 aromatic heterocycles. The van der Waals surface area contributed by atoms with E-state index in [9.17, 15) is 4.79 Å². The number of aliphatic imine (C=N–C) groups is 1. The third kappa shape index (κ3) is 3.07. The minimum Gasteiger partial charge on any atom is -0.360 e. The highest BCUT2D eigenvalue weighted by Gasteiger charge is 2.19. The molecule has 26 heavy (non-hydrogen) atoms. The molecule has 0 fully saturated rings. The summed E-state index contributed by atoms with van der Waals surface area (Å²) in [4.78, 5) is 21.2. The van der Waals surface area contributed by atoms with Gasteiger partial charge in [-0.3, -0.25) is 4.79 Å². The summed E-state index contributed by atoms with van der Waals surface area (Å²) in [5.41, 5.74) is 4.76. The third-order valence-corrected chi connectivity index (χ3v) is 4.37. The number of para-hydroxylation sites is 2. The van der Waals surface area contributed by atoms with Gasteiger partial charge in [-0.15, -0.1) is 0 Å². The highest BCUT2D eigenvalue weighted by Crippen LogP contribution is 2.23. The molecule has 0 aliphatic heterocycles. The zero-order valence-corrected chi connectivity index (χ0v) is 14.4. The lowest BCUT2D eigenvalue weighted by molar-refractivity contribution is 0.106. The quantitative estimate of drug-likeness (QED) is 0.389. The number of carbonyl (C=O) groups is 1. The second-order valence-electron chi connectivity index (χ2n) is 6.24. The molecule has 0 unspecified atom stereocenters. The number of nitrogens with zero attached hydrogens (tertiary/aromatic N) is 1. The number of benzene rings is 3. The summed E-state index contributed by atoms with van der Waals surface area (Å²) < 4.78 is 0. The average Bonchev–Trinajstić information content (AvgIpc) is 3.11. The number of ketones is 1. The van der Waals surface area contributed by atoms with Gasteiger partial charge in [0.2, 0.25) is 5.78 Å². The molecule has 0 saturated heterocycles. The zero-order chi connectivity index (χ0) is 17.9. The van der Waals surface area contributed by atoms with Gasteiger partial charge in [-0.25, -0.2) is 4.99 Å². The van der Waals surface area contributed by atoms with Crippen molar-refractivity contribution in [3.05, 3.63) is 102 Å². The lowest BCUT2D eigenvalue weighted by Gasteiger charge is -2.06. The summed E-state index contributed by atoms with van der Waals surface area (Å²) in [5, 5.41) is 0.989. The molecule has 0 amide bonds. The lowest BCUT2D eigenvalue weighted by Crippen LogP contribution is -2.15. The van der Waals surface area contributed by atoms with Crippen molar-refractivity contribution in [1.29, 1.82) is 0 Å². The molecule has 4 aromatic rings. The maximum absolute atomic E-state index is 13.3. The molecule has 1 N–H and O–H groups in total. The van der Waals surface area contributed by atoms with Gasteiger partial charge in [-0.1, -0.05) is 66.2 Å². The first-order valence-corrected chi connectivity index (χ1v) is 8.54. The number of rotatable bonds is 4. The maximum Gasteiger partial charge on any atom is 0.212 e. The number of nitrogens with one attached hydrogen (secondary N) is 1. The Kier molecular flexibility index (Phi) is 4.20. The first-order valence-electron chi connectivity index (χ1n) is 8.54. The van der Waals surface area contributed by atoms with Gasteiger partial charge >= 0.3 is 0 Å². The van der Waals surface area contributed by atoms with Crippen LogP contribution in [0.25, 0.3) is 10.9 Å². The lowest BCUT2D eigenvalue weighted by atomic mass is 9.99. The van der Waals surface area contributed by atoms with Crippen molar-refractivity contribution in [3.63, 3.8) is 0 Å². The minimum absolute atomic E-state index is 0.0846. The van der Waals surface area contributed by atoms with E-state index < -0.39 is 0 Å². The Bertz CT molecular complexity index is 1090. The van der Waals surface area contributed by atoms with Crippen LogP contribution in [0, 0.1) is 6.92 Å². The first kappa shape index (κ1) is 16.0. The van der Waals surface area contributed by atoms with Crippen LogP contribution < -0.4 is 0 Å². The van der Waals surface area contributed by atoms with Crippen LogP contribution in [0.1, 0.15) is 21.5 Å². The number of aryl methyl sites for hydroxylation is 1. The van der Waals surface area contributed by atoms with Gasteiger partial charge in [0, 0.05) is 28.2 Å². The predicted octanol–water partition coefficient (Wildman–Crippen LogP) is 5.48. The molecule has 0 radical (unpaired) electrons. The molecule has 1 heterocycles. The third-order valence-electron chi connectivity index (χ3n) is 4.37. The smallest absolute Gasteiger partial charge is 0.212 e. The largest absolute Gasteiger partial charge is 0.360 e. The van der Waals surface area contributed by atoms with Gasteiger partial charge in [-0.2, -0.15) is 0 Å². The summed E-state index contributed by atoms with van der Waals surface area (Å²) in [6.07, 6.45) is 1.86. The van der Waals surface area contributed by atoms with Crippen LogP contribution in [0.3, 0.4) is 0 Å². The number of carbonyl (C=O) groups excluding carboxylic acids is 1. The molecule has 126 valence electrons. The summed E-state index contributed by atoms with van der Waals surface area (Å²) in [6.45, 7) is 2.01. The van der Waals surface area contributed by atoms with Crippen LogP contribution in [0.2, 0.25) is 0 Å². The molecule has 0 aliphatic rings. The molecular formula is C23H18N2O. The molecule has 3 heteroatoms. The Labute approximate surface area is 152 Å². The standard InChI is InChI=1S/C23H18N2O/c1-16-11-13-17(14-12-16)23(26)22(25-18-7-3-2-4-8-18)20-15-24-21-10-6-5-9-19(20)21/h2-15,24H,1H3. The van der Waals surface area contributed by atoms with Crippen LogP contribution in [0.4, 0.5) is 5.69 Å².